The van der Waals surface area contributed by atoms with Gasteiger partial charge in [0.25, 0.3) is 0 Å². The predicted octanol–water partition coefficient (Wildman–Crippen LogP) is 2.39. The second-order valence-electron chi connectivity index (χ2n) is 3.70. The van der Waals surface area contributed by atoms with Crippen molar-refractivity contribution in [1.82, 2.24) is 5.16 Å². The van der Waals surface area contributed by atoms with E-state index in [-0.39, 0.29) is 11.6 Å². The van der Waals surface area contributed by atoms with Gasteiger partial charge in [0.05, 0.1) is 26.0 Å². The van der Waals surface area contributed by atoms with Gasteiger partial charge >= 0.3 is 0 Å². The Balaban J connectivity index is 2.71. The number of nitrogens with two attached hydrogens (primary N) is 1. The molecule has 2 N–H and O–H groups in total. The molecule has 0 aliphatic heterocycles. The number of aromatic nitrogens is 1. The summed E-state index contributed by atoms with van der Waals surface area (Å²) in [5.41, 5.74) is 7.41. The molecule has 0 aliphatic carbocycles. The first-order valence-corrected chi connectivity index (χ1v) is 5.21. The number of nitrogen functional groups attached to an aromatic ring is 1. The zero-order chi connectivity index (χ0) is 13.3. The minimum Gasteiger partial charge on any atom is -0.492 e. The number of anilines is 1. The van der Waals surface area contributed by atoms with E-state index in [1.54, 1.807) is 6.92 Å². The summed E-state index contributed by atoms with van der Waals surface area (Å²) in [6.07, 6.45) is 1.43. The van der Waals surface area contributed by atoms with Crippen molar-refractivity contribution in [1.29, 1.82) is 0 Å². The Labute approximate surface area is 103 Å². The van der Waals surface area contributed by atoms with E-state index >= 15 is 0 Å². The molecule has 96 valence electrons. The third-order valence-electron chi connectivity index (χ3n) is 2.74. The van der Waals surface area contributed by atoms with Gasteiger partial charge in [-0.25, -0.2) is 4.39 Å². The highest BCUT2D eigenvalue weighted by atomic mass is 19.1. The molecule has 0 saturated carbocycles. The number of benzene rings is 1. The molecule has 0 unspecified atom stereocenters. The van der Waals surface area contributed by atoms with Gasteiger partial charge in [-0.05, 0) is 18.6 Å². The van der Waals surface area contributed by atoms with Crippen LogP contribution in [0, 0.1) is 12.7 Å². The number of hydrogen-bond acceptors (Lipinski definition) is 5. The van der Waals surface area contributed by atoms with Crippen LogP contribution in [0.1, 0.15) is 5.56 Å². The van der Waals surface area contributed by atoms with Crippen LogP contribution in [-0.4, -0.2) is 19.4 Å². The number of ether oxygens (including phenoxy) is 2. The highest BCUT2D eigenvalue weighted by molar-refractivity contribution is 5.77. The average molecular weight is 252 g/mol. The lowest BCUT2D eigenvalue weighted by molar-refractivity contribution is 0.336. The summed E-state index contributed by atoms with van der Waals surface area (Å²) >= 11 is 0. The van der Waals surface area contributed by atoms with Crippen LogP contribution in [0.5, 0.6) is 11.5 Å². The van der Waals surface area contributed by atoms with Crippen molar-refractivity contribution in [2.45, 2.75) is 6.92 Å². The van der Waals surface area contributed by atoms with Crippen LogP contribution in [0.4, 0.5) is 10.3 Å². The Hall–Kier alpha value is -2.24. The highest BCUT2D eigenvalue weighted by Gasteiger charge is 2.20. The van der Waals surface area contributed by atoms with Crippen molar-refractivity contribution >= 4 is 5.88 Å². The van der Waals surface area contributed by atoms with Crippen molar-refractivity contribution in [2.24, 2.45) is 0 Å². The summed E-state index contributed by atoms with van der Waals surface area (Å²) in [4.78, 5) is 0. The second-order valence-corrected chi connectivity index (χ2v) is 3.70. The molecule has 0 spiro atoms. The maximum atomic E-state index is 13.9. The van der Waals surface area contributed by atoms with Gasteiger partial charge in [-0.1, -0.05) is 5.16 Å². The lowest BCUT2D eigenvalue weighted by atomic mass is 10.0. The third kappa shape index (κ3) is 1.75. The molecule has 1 aromatic carbocycles. The van der Waals surface area contributed by atoms with Crippen LogP contribution in [0.15, 0.2) is 16.8 Å². The van der Waals surface area contributed by atoms with Crippen LogP contribution < -0.4 is 15.2 Å². The smallest absolute Gasteiger partial charge is 0.229 e. The minimum atomic E-state index is -0.532. The highest BCUT2D eigenvalue weighted by Crippen LogP contribution is 2.41. The third-order valence-corrected chi connectivity index (χ3v) is 2.74. The lowest BCUT2D eigenvalue weighted by Gasteiger charge is -2.14. The van der Waals surface area contributed by atoms with E-state index in [0.717, 1.165) is 0 Å². The summed E-state index contributed by atoms with van der Waals surface area (Å²) in [5, 5.41) is 3.57. The summed E-state index contributed by atoms with van der Waals surface area (Å²) in [7, 11) is 2.83. The lowest BCUT2D eigenvalue weighted by Crippen LogP contribution is -1.99. The fraction of sp³-hybridized carbons (Fsp3) is 0.250. The Morgan fingerprint density at radius 3 is 2.39 bits per heavy atom. The molecule has 6 heteroatoms. The fourth-order valence-electron chi connectivity index (χ4n) is 1.87. The van der Waals surface area contributed by atoms with Crippen molar-refractivity contribution in [3.05, 3.63) is 23.6 Å². The van der Waals surface area contributed by atoms with E-state index in [1.165, 1.54) is 26.5 Å². The largest absolute Gasteiger partial charge is 0.492 e. The first-order chi connectivity index (χ1) is 8.60. The van der Waals surface area contributed by atoms with E-state index in [0.29, 0.717) is 22.4 Å². The molecule has 1 aromatic heterocycles. The maximum Gasteiger partial charge on any atom is 0.229 e. The van der Waals surface area contributed by atoms with Crippen molar-refractivity contribution < 1.29 is 18.4 Å². The zero-order valence-electron chi connectivity index (χ0n) is 10.3. The summed E-state index contributed by atoms with van der Waals surface area (Å²) in [5.74, 6) is -0.0119. The Bertz CT molecular complexity index is 581. The van der Waals surface area contributed by atoms with Crippen LogP contribution in [0.25, 0.3) is 11.1 Å². The number of methoxy groups -OCH3 is 2. The van der Waals surface area contributed by atoms with Crippen LogP contribution in [0.2, 0.25) is 0 Å². The van der Waals surface area contributed by atoms with E-state index < -0.39 is 5.82 Å². The predicted molar refractivity (Wildman–Crippen MR) is 64.2 cm³/mol. The molecule has 0 aliphatic rings. The zero-order valence-corrected chi connectivity index (χ0v) is 10.3. The molecular formula is C12H13FN2O3. The first kappa shape index (κ1) is 12.2. The van der Waals surface area contributed by atoms with Crippen molar-refractivity contribution in [3.63, 3.8) is 0 Å². The van der Waals surface area contributed by atoms with E-state index in [4.69, 9.17) is 19.7 Å². The monoisotopic (exact) mass is 252 g/mol. The normalized spacial score (nSPS) is 10.4. The summed E-state index contributed by atoms with van der Waals surface area (Å²) in [6.45, 7) is 1.78. The van der Waals surface area contributed by atoms with Crippen LogP contribution in [0.3, 0.4) is 0 Å². The van der Waals surface area contributed by atoms with Crippen molar-refractivity contribution in [2.75, 3.05) is 20.0 Å². The van der Waals surface area contributed by atoms with Crippen LogP contribution >= 0.6 is 0 Å². The molecule has 0 saturated heterocycles. The molecule has 0 atom stereocenters. The van der Waals surface area contributed by atoms with Gasteiger partial charge in [0, 0.05) is 5.56 Å². The topological polar surface area (TPSA) is 70.5 Å². The quantitative estimate of drug-likeness (QED) is 0.908. The summed E-state index contributed by atoms with van der Waals surface area (Å²) < 4.78 is 28.8. The molecule has 0 radical (unpaired) electrons. The molecule has 2 rings (SSSR count). The van der Waals surface area contributed by atoms with Crippen molar-refractivity contribution in [3.8, 4) is 22.6 Å². The number of rotatable bonds is 3. The molecule has 18 heavy (non-hydrogen) atoms. The SMILES string of the molecule is COc1c(F)cc(-c2cnoc2N)c(C)c1OC. The molecule has 0 fully saturated rings. The first-order valence-electron chi connectivity index (χ1n) is 5.21. The molecule has 1 heterocycles. The fourth-order valence-corrected chi connectivity index (χ4v) is 1.87. The van der Waals surface area contributed by atoms with Gasteiger partial charge in [0.2, 0.25) is 5.88 Å². The second kappa shape index (κ2) is 4.56. The number of nitrogens with zero attached hydrogens (tertiary/aromatic N) is 1. The van der Waals surface area contributed by atoms with Gasteiger partial charge in [-0.15, -0.1) is 0 Å². The minimum absolute atomic E-state index is 0.0637. The van der Waals surface area contributed by atoms with E-state index in [2.05, 4.69) is 5.16 Å². The molecule has 5 nitrogen and oxygen atoms in total. The van der Waals surface area contributed by atoms with Gasteiger partial charge < -0.3 is 19.7 Å². The average Bonchev–Trinajstić information content (AvgIpc) is 2.77. The molecule has 0 amide bonds. The van der Waals surface area contributed by atoms with Crippen LogP contribution in [-0.2, 0) is 0 Å². The van der Waals surface area contributed by atoms with Gasteiger partial charge in [-0.2, -0.15) is 0 Å². The standard InChI is InChI=1S/C12H13FN2O3/c1-6-7(8-5-15-18-12(8)14)4-9(13)11(17-3)10(6)16-2/h4-5H,14H2,1-3H3. The Morgan fingerprint density at radius 2 is 1.89 bits per heavy atom. The van der Waals surface area contributed by atoms with E-state index in [9.17, 15) is 4.39 Å². The van der Waals surface area contributed by atoms with Gasteiger partial charge in [0.15, 0.2) is 17.3 Å². The maximum absolute atomic E-state index is 13.9. The number of halogens is 1. The Kier molecular flexibility index (Phi) is 3.10. The molecule has 2 aromatic rings. The number of hydrogen-bond donors (Lipinski definition) is 1. The molecular weight excluding hydrogens is 239 g/mol. The molecule has 0 bridgehead atoms. The van der Waals surface area contributed by atoms with E-state index in [1.807, 2.05) is 0 Å². The van der Waals surface area contributed by atoms with Gasteiger partial charge in [-0.3, -0.25) is 0 Å². The van der Waals surface area contributed by atoms with Gasteiger partial charge in [0.1, 0.15) is 0 Å². The Morgan fingerprint density at radius 1 is 1.22 bits per heavy atom. The summed E-state index contributed by atoms with van der Waals surface area (Å²) in [6, 6.07) is 1.32.